The Morgan fingerprint density at radius 3 is 0.802 bits per heavy atom. The van der Waals surface area contributed by atoms with Crippen molar-refractivity contribution in [2.24, 2.45) is 0 Å². The molecule has 0 unspecified atom stereocenters. The number of hydrogen-bond acceptors (Lipinski definition) is 2. The molecular weight excluding hydrogens is 1100 g/mol. The Balaban J connectivity index is 0.655. The molecule has 17 rings (SSSR count). The summed E-state index contributed by atoms with van der Waals surface area (Å²) in [7, 11) is 0. The van der Waals surface area contributed by atoms with Crippen LogP contribution in [0.15, 0.2) is 346 Å². The minimum Gasteiger partial charge on any atom is -0.311 e. The van der Waals surface area contributed by atoms with Gasteiger partial charge in [0, 0.05) is 67.0 Å². The quantitative estimate of drug-likeness (QED) is 0.113. The Morgan fingerprint density at radius 2 is 0.451 bits per heavy atom. The van der Waals surface area contributed by atoms with Crippen LogP contribution in [0.1, 0.15) is 5.56 Å². The van der Waals surface area contributed by atoms with Crippen LogP contribution in [0.5, 0.6) is 0 Å². The highest BCUT2D eigenvalue weighted by atomic mass is 15.1. The molecule has 2 heterocycles. The first kappa shape index (κ1) is 53.3. The van der Waals surface area contributed by atoms with Gasteiger partial charge in [-0.1, -0.05) is 230 Å². The zero-order valence-corrected chi connectivity index (χ0v) is 50.2. The Hall–Kier alpha value is -12.0. The van der Waals surface area contributed by atoms with Crippen LogP contribution >= 0.6 is 0 Å². The van der Waals surface area contributed by atoms with Gasteiger partial charge in [-0.2, -0.15) is 0 Å². The number of rotatable bonds is 12. The van der Waals surface area contributed by atoms with Gasteiger partial charge >= 0.3 is 0 Å². The van der Waals surface area contributed by atoms with E-state index in [0.717, 1.165) is 56.6 Å². The zero-order valence-electron chi connectivity index (χ0n) is 50.2. The van der Waals surface area contributed by atoms with Gasteiger partial charge in [0.15, 0.2) is 0 Å². The lowest BCUT2D eigenvalue weighted by Crippen LogP contribution is -2.10. The van der Waals surface area contributed by atoms with E-state index >= 15 is 0 Å². The Labute approximate surface area is 529 Å². The second kappa shape index (κ2) is 22.3. The summed E-state index contributed by atoms with van der Waals surface area (Å²) >= 11 is 0. The van der Waals surface area contributed by atoms with Crippen molar-refractivity contribution in [2.45, 2.75) is 6.92 Å². The van der Waals surface area contributed by atoms with Crippen LogP contribution in [0.2, 0.25) is 0 Å². The summed E-state index contributed by atoms with van der Waals surface area (Å²) in [6, 6.07) is 126. The van der Waals surface area contributed by atoms with E-state index in [2.05, 4.69) is 372 Å². The van der Waals surface area contributed by atoms with Gasteiger partial charge < -0.3 is 18.9 Å². The average Bonchev–Trinajstić information content (AvgIpc) is 2.10. The number of aryl methyl sites for hydroxylation is 1. The molecule has 0 aliphatic heterocycles. The molecule has 4 nitrogen and oxygen atoms in total. The van der Waals surface area contributed by atoms with E-state index in [4.69, 9.17) is 0 Å². The molecule has 0 atom stereocenters. The van der Waals surface area contributed by atoms with E-state index in [0.29, 0.717) is 0 Å². The zero-order chi connectivity index (χ0) is 60.4. The number of hydrogen-bond donors (Lipinski definition) is 0. The highest BCUT2D eigenvalue weighted by Gasteiger charge is 2.21. The van der Waals surface area contributed by atoms with Crippen molar-refractivity contribution in [2.75, 3.05) is 9.80 Å². The van der Waals surface area contributed by atoms with Crippen LogP contribution in [0.25, 0.3) is 121 Å². The first-order valence-corrected chi connectivity index (χ1v) is 31.3. The van der Waals surface area contributed by atoms with Gasteiger partial charge in [0.1, 0.15) is 0 Å². The third-order valence-electron chi connectivity index (χ3n) is 18.4. The van der Waals surface area contributed by atoms with Gasteiger partial charge in [-0.05, 0) is 194 Å². The number of fused-ring (bicyclic) bond motifs is 8. The van der Waals surface area contributed by atoms with Crippen molar-refractivity contribution in [3.8, 4) is 55.9 Å². The average molecular weight is 1160 g/mol. The number of nitrogens with zero attached hydrogens (tertiary/aromatic N) is 4. The van der Waals surface area contributed by atoms with Gasteiger partial charge in [0.25, 0.3) is 0 Å². The van der Waals surface area contributed by atoms with Crippen LogP contribution in [0.3, 0.4) is 0 Å². The van der Waals surface area contributed by atoms with Crippen molar-refractivity contribution in [3.63, 3.8) is 0 Å². The third-order valence-corrected chi connectivity index (χ3v) is 18.4. The second-order valence-electron chi connectivity index (χ2n) is 23.7. The summed E-state index contributed by atoms with van der Waals surface area (Å²) in [5.74, 6) is 0. The molecule has 0 saturated carbocycles. The highest BCUT2D eigenvalue weighted by molar-refractivity contribution is 6.22. The molecule has 0 fully saturated rings. The van der Waals surface area contributed by atoms with Gasteiger partial charge in [0.05, 0.1) is 22.1 Å². The lowest BCUT2D eigenvalue weighted by atomic mass is 9.85. The van der Waals surface area contributed by atoms with Crippen molar-refractivity contribution < 1.29 is 0 Å². The molecule has 0 amide bonds. The minimum absolute atomic E-state index is 1.09. The summed E-state index contributed by atoms with van der Waals surface area (Å²) in [6.07, 6.45) is 0. The van der Waals surface area contributed by atoms with Crippen molar-refractivity contribution in [3.05, 3.63) is 351 Å². The Morgan fingerprint density at radius 1 is 0.198 bits per heavy atom. The molecule has 17 aromatic rings. The Bertz CT molecular complexity index is 5430. The smallest absolute Gasteiger partial charge is 0.0541 e. The summed E-state index contributed by atoms with van der Waals surface area (Å²) in [6.45, 7) is 2.20. The SMILES string of the molecule is Cc1ccc2c(-c3ccc(-c4ccc(N(c5ccccc5)c5ccc(-n6c7ccccc7c7ccccc76)cc5)cc4)cc3)c3ccccc3c(-c3ccc(-c4ccc(N(c5ccccc5)c5ccc(-n6c7ccccc7c7ccccc76)cc5)cc4)cc3)c2c1. The molecule has 0 N–H and O–H groups in total. The molecule has 0 radical (unpaired) electrons. The summed E-state index contributed by atoms with van der Waals surface area (Å²) < 4.78 is 4.74. The number of anilines is 6. The molecule has 0 saturated heterocycles. The molecule has 0 bridgehead atoms. The molecule has 91 heavy (non-hydrogen) atoms. The molecule has 428 valence electrons. The summed E-state index contributed by atoms with van der Waals surface area (Å²) in [5, 5.41) is 10.00. The molecule has 2 aromatic heterocycles. The molecular formula is C87H60N4. The first-order valence-electron chi connectivity index (χ1n) is 31.3. The predicted molar refractivity (Wildman–Crippen MR) is 386 cm³/mol. The van der Waals surface area contributed by atoms with Crippen molar-refractivity contribution in [1.29, 1.82) is 0 Å². The van der Waals surface area contributed by atoms with E-state index in [1.165, 1.54) is 104 Å². The fourth-order valence-corrected chi connectivity index (χ4v) is 14.1. The van der Waals surface area contributed by atoms with Gasteiger partial charge in [0.2, 0.25) is 0 Å². The molecule has 0 aliphatic carbocycles. The van der Waals surface area contributed by atoms with Gasteiger partial charge in [-0.15, -0.1) is 0 Å². The standard InChI is InChI=1S/C87H60N4/c1-59-32-57-80-81(58-59)87(65-39-35-61(36-40-65)63-43-47-69(48-44-63)89(67-20-6-3-7-21-67)71-51-55-73(56-52-71)91-84-30-16-12-24-76(84)77-25-13-17-31-85(77)91)79-27-9-8-26-78(79)86(80)64-37-33-60(34-38-64)62-41-45-68(46-42-62)88(66-18-4-2-5-19-66)70-49-53-72(54-50-70)90-82-28-14-10-22-74(82)75-23-11-15-29-83(75)90/h2-58H,1H3. The van der Waals surface area contributed by atoms with Crippen LogP contribution in [-0.2, 0) is 0 Å². The van der Waals surface area contributed by atoms with Crippen LogP contribution in [0, 0.1) is 6.92 Å². The minimum atomic E-state index is 1.09. The fraction of sp³-hybridized carbons (Fsp3) is 0.0115. The molecule has 0 aliphatic rings. The maximum atomic E-state index is 2.37. The fourth-order valence-electron chi connectivity index (χ4n) is 14.1. The Kier molecular flexibility index (Phi) is 13.1. The normalized spacial score (nSPS) is 11.6. The van der Waals surface area contributed by atoms with E-state index < -0.39 is 0 Å². The predicted octanol–water partition coefficient (Wildman–Crippen LogP) is 24.1. The van der Waals surface area contributed by atoms with Crippen LogP contribution in [0.4, 0.5) is 34.1 Å². The number of para-hydroxylation sites is 6. The topological polar surface area (TPSA) is 16.3 Å². The van der Waals surface area contributed by atoms with Crippen LogP contribution < -0.4 is 9.80 Å². The van der Waals surface area contributed by atoms with E-state index in [-0.39, 0.29) is 0 Å². The van der Waals surface area contributed by atoms with Crippen molar-refractivity contribution >= 4 is 99.3 Å². The first-order chi connectivity index (χ1) is 45.1. The van der Waals surface area contributed by atoms with Gasteiger partial charge in [-0.3, -0.25) is 0 Å². The van der Waals surface area contributed by atoms with E-state index in [1.807, 2.05) is 0 Å². The third kappa shape index (κ3) is 9.31. The van der Waals surface area contributed by atoms with E-state index in [1.54, 1.807) is 0 Å². The maximum absolute atomic E-state index is 2.37. The van der Waals surface area contributed by atoms with Crippen LogP contribution in [-0.4, -0.2) is 9.13 Å². The van der Waals surface area contributed by atoms with E-state index in [9.17, 15) is 0 Å². The lowest BCUT2D eigenvalue weighted by Gasteiger charge is -2.26. The molecule has 4 heteroatoms. The van der Waals surface area contributed by atoms with Crippen molar-refractivity contribution in [1.82, 2.24) is 9.13 Å². The number of aromatic nitrogens is 2. The molecule has 15 aromatic carbocycles. The monoisotopic (exact) mass is 1160 g/mol. The molecule has 0 spiro atoms. The highest BCUT2D eigenvalue weighted by Crippen LogP contribution is 2.46. The second-order valence-corrected chi connectivity index (χ2v) is 23.7. The number of benzene rings is 15. The largest absolute Gasteiger partial charge is 0.311 e. The van der Waals surface area contributed by atoms with Gasteiger partial charge in [-0.25, -0.2) is 0 Å². The maximum Gasteiger partial charge on any atom is 0.0541 e. The lowest BCUT2D eigenvalue weighted by molar-refractivity contribution is 1.17. The summed E-state index contributed by atoms with van der Waals surface area (Å²) in [4.78, 5) is 4.68. The summed E-state index contributed by atoms with van der Waals surface area (Å²) in [5.41, 5.74) is 24.4.